The molecule has 1 fully saturated rings. The van der Waals surface area contributed by atoms with Gasteiger partial charge in [-0.1, -0.05) is 133 Å². The van der Waals surface area contributed by atoms with Gasteiger partial charge >= 0.3 is 18.1 Å². The number of benzene rings is 4. The Morgan fingerprint density at radius 3 is 1.96 bits per heavy atom. The molecule has 1 saturated heterocycles. The molecule has 0 N–H and O–H groups in total. The fourth-order valence-electron chi connectivity index (χ4n) is 6.00. The smallest absolute Gasteiger partial charge is 0.473 e. The minimum absolute atomic E-state index is 0.152. The average molecular weight is 799 g/mol. The number of likely N-dealkylation sites (tertiary alicyclic amines) is 1. The molecule has 2 amide bonds. The number of imidazole rings is 1. The predicted octanol–water partition coefficient (Wildman–Crippen LogP) is 10.0. The van der Waals surface area contributed by atoms with Crippen molar-refractivity contribution in [2.24, 2.45) is 4.99 Å². The number of ether oxygens (including phenoxy) is 1. The van der Waals surface area contributed by atoms with Crippen LogP contribution in [-0.4, -0.2) is 75.5 Å². The van der Waals surface area contributed by atoms with Gasteiger partial charge in [-0.15, -0.1) is 0 Å². The highest BCUT2D eigenvalue weighted by atomic mass is 35.5. The molecule has 0 saturated carbocycles. The van der Waals surface area contributed by atoms with Crippen LogP contribution >= 0.6 is 34.8 Å². The molecule has 1 atom stereocenters. The minimum Gasteiger partial charge on any atom is -0.489 e. The predicted molar refractivity (Wildman–Crippen MR) is 206 cm³/mol. The van der Waals surface area contributed by atoms with Crippen molar-refractivity contribution in [2.75, 3.05) is 26.2 Å². The summed E-state index contributed by atoms with van der Waals surface area (Å²) >= 11 is 18.0. The van der Waals surface area contributed by atoms with Crippen LogP contribution in [0.3, 0.4) is 0 Å². The average Bonchev–Trinajstić information content (AvgIpc) is 3.70. The van der Waals surface area contributed by atoms with Crippen molar-refractivity contribution in [3.8, 4) is 5.75 Å². The Kier molecular flexibility index (Phi) is 14.3. The van der Waals surface area contributed by atoms with Gasteiger partial charge in [-0.3, -0.25) is 14.3 Å². The topological polar surface area (TPSA) is 80.0 Å². The molecule has 0 bridgehead atoms. The molecule has 6 rings (SSSR count). The van der Waals surface area contributed by atoms with E-state index in [-0.39, 0.29) is 24.4 Å². The van der Waals surface area contributed by atoms with Gasteiger partial charge < -0.3 is 9.64 Å². The van der Waals surface area contributed by atoms with Gasteiger partial charge in [0.25, 0.3) is 0 Å². The van der Waals surface area contributed by atoms with Crippen LogP contribution in [0.5, 0.6) is 5.75 Å². The number of amides is 2. The Hall–Kier alpha value is -4.68. The zero-order valence-corrected chi connectivity index (χ0v) is 31.4. The quantitative estimate of drug-likeness (QED) is 0.124. The molecule has 1 aliphatic rings. The molecule has 0 radical (unpaired) electrons. The van der Waals surface area contributed by atoms with Crippen molar-refractivity contribution in [1.82, 2.24) is 19.4 Å². The number of hydrogen-bond donors (Lipinski definition) is 0. The number of nitrogens with zero attached hydrogens (tertiary/aromatic N) is 5. The number of aromatic nitrogens is 2. The van der Waals surface area contributed by atoms with Crippen molar-refractivity contribution in [1.29, 1.82) is 0 Å². The van der Waals surface area contributed by atoms with Crippen LogP contribution in [0, 0.1) is 0 Å². The highest BCUT2D eigenvalue weighted by molar-refractivity contribution is 6.40. The van der Waals surface area contributed by atoms with E-state index >= 15 is 0 Å². The van der Waals surface area contributed by atoms with Crippen LogP contribution in [0.15, 0.2) is 127 Å². The number of aliphatic imine (C=N–C) groups is 1. The standard InChI is InChI=1S/C25H21F3N2O.C15H16Cl3N3O2/c26-25(27,28)24(31)29-22(18-10-4-1-5-11-18)21-16-17-30(21)23(19-12-6-2-7-13-19)20-14-8-3-9-15-20;1-2-4-20(15(22)21-5-3-19-10-21)6-7-23-14-12(17)8-11(16)9-13(14)18/h1-15,21,23H,16-17H2;3,5,8-10H,2,4,6-7H2,1H3. The summed E-state index contributed by atoms with van der Waals surface area (Å²) in [4.78, 5) is 35.4. The largest absolute Gasteiger partial charge is 0.489 e. The van der Waals surface area contributed by atoms with Gasteiger partial charge in [-0.2, -0.15) is 13.2 Å². The summed E-state index contributed by atoms with van der Waals surface area (Å²) in [5.74, 6) is -1.71. The Labute approximate surface area is 326 Å². The Morgan fingerprint density at radius 2 is 1.48 bits per heavy atom. The molecule has 1 aromatic heterocycles. The summed E-state index contributed by atoms with van der Waals surface area (Å²) in [5, 5.41) is 1.12. The second kappa shape index (κ2) is 19.1. The van der Waals surface area contributed by atoms with Crippen molar-refractivity contribution in [3.05, 3.63) is 154 Å². The van der Waals surface area contributed by atoms with Crippen LogP contribution < -0.4 is 4.74 Å². The molecule has 54 heavy (non-hydrogen) atoms. The van der Waals surface area contributed by atoms with Gasteiger partial charge in [0.1, 0.15) is 12.9 Å². The number of rotatable bonds is 11. The molecule has 4 aromatic carbocycles. The van der Waals surface area contributed by atoms with E-state index in [2.05, 4.69) is 14.9 Å². The lowest BCUT2D eigenvalue weighted by Gasteiger charge is -2.47. The fourth-order valence-corrected chi connectivity index (χ4v) is 6.93. The third-order valence-corrected chi connectivity index (χ3v) is 9.31. The van der Waals surface area contributed by atoms with E-state index in [1.165, 1.54) is 10.9 Å². The molecule has 5 aromatic rings. The monoisotopic (exact) mass is 797 g/mol. The number of carbonyl (C=O) groups is 2. The zero-order chi connectivity index (χ0) is 38.7. The first-order chi connectivity index (χ1) is 26.0. The highest BCUT2D eigenvalue weighted by Gasteiger charge is 2.43. The number of halogens is 6. The second-order valence-electron chi connectivity index (χ2n) is 12.2. The lowest BCUT2D eigenvalue weighted by Crippen LogP contribution is -2.54. The number of alkyl halides is 3. The lowest BCUT2D eigenvalue weighted by molar-refractivity contribution is -0.169. The van der Waals surface area contributed by atoms with Crippen LogP contribution in [0.25, 0.3) is 0 Å². The summed E-state index contributed by atoms with van der Waals surface area (Å²) in [6.07, 6.45) is 1.09. The third-order valence-electron chi connectivity index (χ3n) is 8.53. The molecular formula is C40H37Cl3F3N5O3. The molecular weight excluding hydrogens is 762 g/mol. The first-order valence-corrected chi connectivity index (χ1v) is 18.3. The first-order valence-electron chi connectivity index (χ1n) is 17.1. The van der Waals surface area contributed by atoms with Crippen molar-refractivity contribution >= 4 is 52.5 Å². The van der Waals surface area contributed by atoms with Crippen molar-refractivity contribution in [2.45, 2.75) is 38.0 Å². The van der Waals surface area contributed by atoms with Gasteiger partial charge in [0.05, 0.1) is 34.4 Å². The van der Waals surface area contributed by atoms with E-state index in [1.807, 2.05) is 67.6 Å². The fraction of sp³-hybridized carbons (Fsp3) is 0.250. The van der Waals surface area contributed by atoms with E-state index in [1.54, 1.807) is 59.8 Å². The summed E-state index contributed by atoms with van der Waals surface area (Å²) in [6.45, 7) is 3.97. The van der Waals surface area contributed by atoms with Crippen LogP contribution in [0.2, 0.25) is 15.1 Å². The third kappa shape index (κ3) is 10.5. The van der Waals surface area contributed by atoms with E-state index in [4.69, 9.17) is 39.5 Å². The normalized spacial score (nSPS) is 14.5. The number of carbonyl (C=O) groups excluding carboxylic acids is 2. The molecule has 2 heterocycles. The van der Waals surface area contributed by atoms with E-state index < -0.39 is 18.1 Å². The number of hydrogen-bond acceptors (Lipinski definition) is 5. The maximum Gasteiger partial charge on any atom is 0.473 e. The Bertz CT molecular complexity index is 1940. The van der Waals surface area contributed by atoms with Crippen LogP contribution in [0.1, 0.15) is 42.5 Å². The molecule has 8 nitrogen and oxygen atoms in total. The Morgan fingerprint density at radius 1 is 0.907 bits per heavy atom. The molecule has 14 heteroatoms. The first kappa shape index (κ1) is 40.5. The zero-order valence-electron chi connectivity index (χ0n) is 29.2. The summed E-state index contributed by atoms with van der Waals surface area (Å²) in [6, 6.07) is 30.7. The van der Waals surface area contributed by atoms with Gasteiger partial charge in [0, 0.05) is 30.5 Å². The van der Waals surface area contributed by atoms with E-state index in [0.717, 1.165) is 17.5 Å². The highest BCUT2D eigenvalue weighted by Crippen LogP contribution is 2.38. The SMILES string of the molecule is CCCN(CCOc1c(Cl)cc(Cl)cc1Cl)C(=O)n1ccnc1.O=C(N=C(c1ccccc1)C1CCN1C(c1ccccc1)c1ccccc1)C(F)(F)F. The second-order valence-corrected chi connectivity index (χ2v) is 13.5. The van der Waals surface area contributed by atoms with Gasteiger partial charge in [0.2, 0.25) is 0 Å². The van der Waals surface area contributed by atoms with Gasteiger partial charge in [-0.25, -0.2) is 14.8 Å². The Balaban J connectivity index is 0.000000218. The van der Waals surface area contributed by atoms with Crippen LogP contribution in [-0.2, 0) is 4.79 Å². The summed E-state index contributed by atoms with van der Waals surface area (Å²) in [5.41, 5.74) is 2.75. The van der Waals surface area contributed by atoms with Crippen molar-refractivity contribution < 1.29 is 27.5 Å². The van der Waals surface area contributed by atoms with Gasteiger partial charge in [0.15, 0.2) is 5.75 Å². The van der Waals surface area contributed by atoms with Crippen molar-refractivity contribution in [3.63, 3.8) is 0 Å². The molecule has 1 unspecified atom stereocenters. The minimum atomic E-state index is -5.01. The molecule has 1 aliphatic heterocycles. The summed E-state index contributed by atoms with van der Waals surface area (Å²) < 4.78 is 46.1. The summed E-state index contributed by atoms with van der Waals surface area (Å²) in [7, 11) is 0. The maximum absolute atomic E-state index is 13.0. The molecule has 0 spiro atoms. The maximum atomic E-state index is 13.0. The molecule has 282 valence electrons. The molecule has 0 aliphatic carbocycles. The van der Waals surface area contributed by atoms with Crippen LogP contribution in [0.4, 0.5) is 18.0 Å². The van der Waals surface area contributed by atoms with Gasteiger partial charge in [-0.05, 0) is 41.7 Å². The van der Waals surface area contributed by atoms with E-state index in [0.29, 0.717) is 52.4 Å². The lowest BCUT2D eigenvalue weighted by atomic mass is 9.86. The van der Waals surface area contributed by atoms with E-state index in [9.17, 15) is 22.8 Å².